The van der Waals surface area contributed by atoms with Gasteiger partial charge in [-0.05, 0) is 55.8 Å². The second kappa shape index (κ2) is 9.99. The largest absolute Gasteiger partial charge is 0.488 e. The SMILES string of the molecule is C[C@@H]1C[C@@H]1COc1nc(C(=O)NCC2CC2)cc(N2CCC(COc3cncnc3N)CC2)n1. The number of hydrogen-bond donors (Lipinski definition) is 2. The van der Waals surface area contributed by atoms with Crippen molar-refractivity contribution in [2.45, 2.75) is 39.0 Å². The highest BCUT2D eigenvalue weighted by Crippen LogP contribution is 2.37. The van der Waals surface area contributed by atoms with Crippen LogP contribution in [0.15, 0.2) is 18.6 Å². The van der Waals surface area contributed by atoms with Crippen molar-refractivity contribution >= 4 is 17.5 Å². The van der Waals surface area contributed by atoms with E-state index in [4.69, 9.17) is 15.2 Å². The Kier molecular flexibility index (Phi) is 6.64. The van der Waals surface area contributed by atoms with E-state index in [1.54, 1.807) is 12.3 Å². The van der Waals surface area contributed by atoms with E-state index in [0.29, 0.717) is 60.7 Å². The highest BCUT2D eigenvalue weighted by molar-refractivity contribution is 5.93. The number of anilines is 2. The molecule has 0 spiro atoms. The van der Waals surface area contributed by atoms with Gasteiger partial charge in [0.25, 0.3) is 5.91 Å². The average Bonchev–Trinajstić information content (AvgIpc) is 3.79. The molecule has 3 aliphatic rings. The molecule has 1 saturated heterocycles. The van der Waals surface area contributed by atoms with Crippen molar-refractivity contribution in [1.82, 2.24) is 25.3 Å². The van der Waals surface area contributed by atoms with Crippen LogP contribution in [0.5, 0.6) is 11.8 Å². The lowest BCUT2D eigenvalue weighted by Crippen LogP contribution is -2.36. The first-order valence-electron chi connectivity index (χ1n) is 12.3. The summed E-state index contributed by atoms with van der Waals surface area (Å²) in [4.78, 5) is 32.0. The molecule has 3 fully saturated rings. The molecule has 0 radical (unpaired) electrons. The number of rotatable bonds is 10. The number of nitrogen functional groups attached to an aromatic ring is 1. The molecule has 2 saturated carbocycles. The van der Waals surface area contributed by atoms with Gasteiger partial charge in [-0.3, -0.25) is 4.79 Å². The van der Waals surface area contributed by atoms with Gasteiger partial charge in [0.2, 0.25) is 0 Å². The van der Waals surface area contributed by atoms with Crippen LogP contribution in [0.2, 0.25) is 0 Å². The third-order valence-electron chi connectivity index (χ3n) is 7.00. The summed E-state index contributed by atoms with van der Waals surface area (Å²) in [5, 5.41) is 3.01. The minimum atomic E-state index is -0.161. The van der Waals surface area contributed by atoms with E-state index in [2.05, 4.69) is 37.1 Å². The van der Waals surface area contributed by atoms with E-state index in [1.807, 2.05) is 0 Å². The van der Waals surface area contributed by atoms with Crippen LogP contribution >= 0.6 is 0 Å². The van der Waals surface area contributed by atoms with Gasteiger partial charge in [-0.15, -0.1) is 0 Å². The summed E-state index contributed by atoms with van der Waals surface area (Å²) in [6.07, 6.45) is 8.43. The Balaban J connectivity index is 1.21. The van der Waals surface area contributed by atoms with Gasteiger partial charge in [0.05, 0.1) is 19.4 Å². The maximum atomic E-state index is 12.8. The fourth-order valence-corrected chi connectivity index (χ4v) is 4.19. The molecule has 0 unspecified atom stereocenters. The first kappa shape index (κ1) is 22.6. The van der Waals surface area contributed by atoms with Crippen LogP contribution in [0.1, 0.15) is 49.5 Å². The fraction of sp³-hybridized carbons (Fsp3) is 0.625. The maximum absolute atomic E-state index is 12.8. The van der Waals surface area contributed by atoms with Crippen LogP contribution in [0.25, 0.3) is 0 Å². The minimum absolute atomic E-state index is 0.161. The van der Waals surface area contributed by atoms with Crippen molar-refractivity contribution in [1.29, 1.82) is 0 Å². The summed E-state index contributed by atoms with van der Waals surface area (Å²) in [5.41, 5.74) is 6.21. The van der Waals surface area contributed by atoms with E-state index in [-0.39, 0.29) is 11.9 Å². The van der Waals surface area contributed by atoms with Gasteiger partial charge in [0.15, 0.2) is 11.6 Å². The number of amides is 1. The molecule has 2 atom stereocenters. The number of aromatic nitrogens is 4. The number of nitrogens with two attached hydrogens (primary N) is 1. The molecule has 10 nitrogen and oxygen atoms in total. The van der Waals surface area contributed by atoms with Gasteiger partial charge in [0, 0.05) is 25.7 Å². The predicted molar refractivity (Wildman–Crippen MR) is 127 cm³/mol. The Morgan fingerprint density at radius 2 is 1.94 bits per heavy atom. The first-order valence-corrected chi connectivity index (χ1v) is 12.3. The van der Waals surface area contributed by atoms with Crippen molar-refractivity contribution in [2.75, 3.05) is 43.5 Å². The highest BCUT2D eigenvalue weighted by Gasteiger charge is 2.33. The molecule has 34 heavy (non-hydrogen) atoms. The summed E-state index contributed by atoms with van der Waals surface area (Å²) in [5.74, 6) is 3.70. The molecule has 1 amide bonds. The van der Waals surface area contributed by atoms with Crippen LogP contribution < -0.4 is 25.4 Å². The topological polar surface area (TPSA) is 128 Å². The normalized spacial score (nSPS) is 22.3. The monoisotopic (exact) mass is 467 g/mol. The Labute approximate surface area is 199 Å². The molecule has 2 aliphatic carbocycles. The maximum Gasteiger partial charge on any atom is 0.319 e. The quantitative estimate of drug-likeness (QED) is 0.541. The smallest absolute Gasteiger partial charge is 0.319 e. The van der Waals surface area contributed by atoms with Crippen LogP contribution in [0.4, 0.5) is 11.6 Å². The standard InChI is InChI=1S/C24H33N7O3/c1-15-8-18(15)13-34-24-29-19(23(32)27-10-16-2-3-16)9-21(30-24)31-6-4-17(5-7-31)12-33-20-11-26-14-28-22(20)25/h9,11,14-18H,2-8,10,12-13H2,1H3,(H,27,32)(H2,25,26,28)/t15-,18-/m1/s1. The van der Waals surface area contributed by atoms with Crippen molar-refractivity contribution in [3.63, 3.8) is 0 Å². The molecule has 0 aromatic carbocycles. The molecule has 182 valence electrons. The summed E-state index contributed by atoms with van der Waals surface area (Å²) < 4.78 is 11.7. The number of carbonyl (C=O) groups excluding carboxylic acids is 1. The van der Waals surface area contributed by atoms with Gasteiger partial charge >= 0.3 is 6.01 Å². The number of piperidine rings is 1. The second-order valence-electron chi connectivity index (χ2n) is 9.85. The van der Waals surface area contributed by atoms with Gasteiger partial charge in [0.1, 0.15) is 17.8 Å². The third kappa shape index (κ3) is 5.84. The molecule has 2 aromatic rings. The number of nitrogens with one attached hydrogen (secondary N) is 1. The van der Waals surface area contributed by atoms with Crippen LogP contribution in [0.3, 0.4) is 0 Å². The van der Waals surface area contributed by atoms with E-state index in [1.165, 1.54) is 25.6 Å². The Morgan fingerprint density at radius 3 is 2.65 bits per heavy atom. The molecule has 2 aromatic heterocycles. The summed E-state index contributed by atoms with van der Waals surface area (Å²) >= 11 is 0. The van der Waals surface area contributed by atoms with E-state index in [9.17, 15) is 4.79 Å². The van der Waals surface area contributed by atoms with Crippen molar-refractivity contribution < 1.29 is 14.3 Å². The zero-order valence-corrected chi connectivity index (χ0v) is 19.7. The molecule has 1 aliphatic heterocycles. The van der Waals surface area contributed by atoms with E-state index in [0.717, 1.165) is 31.7 Å². The van der Waals surface area contributed by atoms with Crippen LogP contribution in [-0.2, 0) is 0 Å². The predicted octanol–water partition coefficient (Wildman–Crippen LogP) is 2.32. The third-order valence-corrected chi connectivity index (χ3v) is 7.00. The van der Waals surface area contributed by atoms with Gasteiger partial charge in [-0.1, -0.05) is 6.92 Å². The number of hydrogen-bond acceptors (Lipinski definition) is 9. The summed E-state index contributed by atoms with van der Waals surface area (Å²) in [6.45, 7) is 5.71. The van der Waals surface area contributed by atoms with Gasteiger partial charge < -0.3 is 25.4 Å². The molecular weight excluding hydrogens is 434 g/mol. The van der Waals surface area contributed by atoms with E-state index < -0.39 is 0 Å². The van der Waals surface area contributed by atoms with Crippen molar-refractivity contribution in [3.8, 4) is 11.8 Å². The van der Waals surface area contributed by atoms with Crippen LogP contribution in [0, 0.1) is 23.7 Å². The average molecular weight is 468 g/mol. The lowest BCUT2D eigenvalue weighted by atomic mass is 9.98. The Morgan fingerprint density at radius 1 is 1.15 bits per heavy atom. The number of carbonyl (C=O) groups is 1. The van der Waals surface area contributed by atoms with E-state index >= 15 is 0 Å². The van der Waals surface area contributed by atoms with Crippen molar-refractivity contribution in [2.24, 2.45) is 23.7 Å². The van der Waals surface area contributed by atoms with Crippen molar-refractivity contribution in [3.05, 3.63) is 24.3 Å². The number of nitrogens with zero attached hydrogens (tertiary/aromatic N) is 5. The van der Waals surface area contributed by atoms with Gasteiger partial charge in [-0.2, -0.15) is 9.97 Å². The molecule has 5 rings (SSSR count). The molecule has 3 heterocycles. The zero-order chi connectivity index (χ0) is 23.5. The molecule has 10 heteroatoms. The lowest BCUT2D eigenvalue weighted by molar-refractivity contribution is 0.0945. The summed E-state index contributed by atoms with van der Waals surface area (Å²) in [7, 11) is 0. The Hall–Kier alpha value is -3.17. The minimum Gasteiger partial charge on any atom is -0.488 e. The lowest BCUT2D eigenvalue weighted by Gasteiger charge is -2.32. The Bertz CT molecular complexity index is 1010. The van der Waals surface area contributed by atoms with Gasteiger partial charge in [-0.25, -0.2) is 9.97 Å². The zero-order valence-electron chi connectivity index (χ0n) is 19.7. The number of ether oxygens (including phenoxy) is 2. The second-order valence-corrected chi connectivity index (χ2v) is 9.85. The van der Waals surface area contributed by atoms with Crippen LogP contribution in [-0.4, -0.2) is 58.7 Å². The molecule has 3 N–H and O–H groups in total. The first-order chi connectivity index (χ1) is 16.5. The summed E-state index contributed by atoms with van der Waals surface area (Å²) in [6, 6.07) is 2.08. The molecular formula is C24H33N7O3. The molecule has 0 bridgehead atoms. The fourth-order valence-electron chi connectivity index (χ4n) is 4.19. The highest BCUT2D eigenvalue weighted by atomic mass is 16.5.